The monoisotopic (exact) mass is 212 g/mol. The van der Waals surface area contributed by atoms with Crippen molar-refractivity contribution in [3.05, 3.63) is 0 Å². The van der Waals surface area contributed by atoms with E-state index in [2.05, 4.69) is 44.8 Å². The van der Waals surface area contributed by atoms with Crippen molar-refractivity contribution in [3.63, 3.8) is 0 Å². The van der Waals surface area contributed by atoms with Crippen molar-refractivity contribution in [1.29, 1.82) is 0 Å². The molecule has 15 heavy (non-hydrogen) atoms. The Morgan fingerprint density at radius 3 is 2.13 bits per heavy atom. The van der Waals surface area contributed by atoms with Crippen molar-refractivity contribution in [3.8, 4) is 0 Å². The van der Waals surface area contributed by atoms with E-state index in [1.807, 2.05) is 0 Å². The standard InChI is InChI=1S/C13H28N2/c1-11(2)15-8-6-12(7-9-15)14-10-13(3,4)5/h11-12,14H,6-10H2,1-5H3. The van der Waals surface area contributed by atoms with Gasteiger partial charge in [0.15, 0.2) is 0 Å². The number of hydrogen-bond donors (Lipinski definition) is 1. The highest BCUT2D eigenvalue weighted by atomic mass is 15.2. The van der Waals surface area contributed by atoms with Crippen molar-refractivity contribution in [1.82, 2.24) is 10.2 Å². The second-order valence-electron chi connectivity index (χ2n) is 6.35. The second-order valence-corrected chi connectivity index (χ2v) is 6.35. The molecule has 1 N–H and O–H groups in total. The quantitative estimate of drug-likeness (QED) is 0.773. The Balaban J connectivity index is 2.20. The lowest BCUT2D eigenvalue weighted by atomic mass is 9.95. The van der Waals surface area contributed by atoms with Crippen LogP contribution in [0.5, 0.6) is 0 Å². The molecule has 90 valence electrons. The zero-order valence-electron chi connectivity index (χ0n) is 11.1. The summed E-state index contributed by atoms with van der Waals surface area (Å²) in [6, 6.07) is 1.47. The van der Waals surface area contributed by atoms with Gasteiger partial charge in [-0.25, -0.2) is 0 Å². The topological polar surface area (TPSA) is 15.3 Å². The van der Waals surface area contributed by atoms with Gasteiger partial charge in [0.05, 0.1) is 0 Å². The van der Waals surface area contributed by atoms with Gasteiger partial charge in [-0.15, -0.1) is 0 Å². The third-order valence-electron chi connectivity index (χ3n) is 3.18. The van der Waals surface area contributed by atoms with E-state index in [4.69, 9.17) is 0 Å². The van der Waals surface area contributed by atoms with Crippen LogP contribution in [0.3, 0.4) is 0 Å². The van der Waals surface area contributed by atoms with Crippen LogP contribution in [-0.2, 0) is 0 Å². The van der Waals surface area contributed by atoms with Gasteiger partial charge in [0.25, 0.3) is 0 Å². The largest absolute Gasteiger partial charge is 0.313 e. The number of nitrogens with one attached hydrogen (secondary N) is 1. The van der Waals surface area contributed by atoms with Crippen molar-refractivity contribution in [2.24, 2.45) is 5.41 Å². The first-order chi connectivity index (χ1) is 6.88. The molecule has 1 fully saturated rings. The number of hydrogen-bond acceptors (Lipinski definition) is 2. The van der Waals surface area contributed by atoms with Gasteiger partial charge in [-0.05, 0) is 45.2 Å². The van der Waals surface area contributed by atoms with E-state index < -0.39 is 0 Å². The summed E-state index contributed by atoms with van der Waals surface area (Å²) in [5, 5.41) is 3.69. The van der Waals surface area contributed by atoms with E-state index in [1.165, 1.54) is 25.9 Å². The third-order valence-corrected chi connectivity index (χ3v) is 3.18. The molecule has 0 aromatic carbocycles. The molecule has 0 unspecified atom stereocenters. The summed E-state index contributed by atoms with van der Waals surface area (Å²) in [5.74, 6) is 0. The Labute approximate surface area is 95.4 Å². The fraction of sp³-hybridized carbons (Fsp3) is 1.00. The minimum absolute atomic E-state index is 0.412. The zero-order chi connectivity index (χ0) is 11.5. The first kappa shape index (κ1) is 13.0. The molecule has 0 atom stereocenters. The molecular formula is C13H28N2. The van der Waals surface area contributed by atoms with Gasteiger partial charge in [-0.1, -0.05) is 20.8 Å². The summed E-state index contributed by atoms with van der Waals surface area (Å²) in [4.78, 5) is 2.58. The van der Waals surface area contributed by atoms with E-state index in [1.54, 1.807) is 0 Å². The maximum absolute atomic E-state index is 3.69. The molecule has 1 heterocycles. The molecule has 1 saturated heterocycles. The van der Waals surface area contributed by atoms with Crippen LogP contribution in [0.4, 0.5) is 0 Å². The summed E-state index contributed by atoms with van der Waals surface area (Å²) in [5.41, 5.74) is 0.412. The third kappa shape index (κ3) is 4.98. The van der Waals surface area contributed by atoms with Crippen LogP contribution in [0.15, 0.2) is 0 Å². The van der Waals surface area contributed by atoms with E-state index in [0.717, 1.165) is 12.6 Å². The fourth-order valence-corrected chi connectivity index (χ4v) is 2.07. The Morgan fingerprint density at radius 2 is 1.73 bits per heavy atom. The number of nitrogens with zero attached hydrogens (tertiary/aromatic N) is 1. The summed E-state index contributed by atoms with van der Waals surface area (Å²) < 4.78 is 0. The zero-order valence-corrected chi connectivity index (χ0v) is 11.1. The molecule has 0 spiro atoms. The van der Waals surface area contributed by atoms with Gasteiger partial charge in [0.1, 0.15) is 0 Å². The van der Waals surface area contributed by atoms with Crippen LogP contribution in [0.2, 0.25) is 0 Å². The molecule has 2 heteroatoms. The lowest BCUT2D eigenvalue weighted by Crippen LogP contribution is -2.46. The van der Waals surface area contributed by atoms with Crippen LogP contribution in [-0.4, -0.2) is 36.6 Å². The van der Waals surface area contributed by atoms with Crippen LogP contribution < -0.4 is 5.32 Å². The second kappa shape index (κ2) is 5.31. The average Bonchev–Trinajstić information content (AvgIpc) is 2.14. The maximum Gasteiger partial charge on any atom is 0.00916 e. The van der Waals surface area contributed by atoms with Crippen molar-refractivity contribution < 1.29 is 0 Å². The van der Waals surface area contributed by atoms with Crippen molar-refractivity contribution in [2.45, 2.75) is 59.5 Å². The first-order valence-electron chi connectivity index (χ1n) is 6.36. The molecule has 0 aromatic heterocycles. The highest BCUT2D eigenvalue weighted by Crippen LogP contribution is 2.16. The molecule has 0 radical (unpaired) electrons. The SMILES string of the molecule is CC(C)N1CCC(NCC(C)(C)C)CC1. The minimum Gasteiger partial charge on any atom is -0.313 e. The Hall–Kier alpha value is -0.0800. The van der Waals surface area contributed by atoms with Gasteiger partial charge in [0.2, 0.25) is 0 Å². The maximum atomic E-state index is 3.69. The molecule has 0 amide bonds. The van der Waals surface area contributed by atoms with Gasteiger partial charge in [-0.2, -0.15) is 0 Å². The highest BCUT2D eigenvalue weighted by molar-refractivity contribution is 4.80. The van der Waals surface area contributed by atoms with E-state index >= 15 is 0 Å². The summed E-state index contributed by atoms with van der Waals surface area (Å²) in [7, 11) is 0. The van der Waals surface area contributed by atoms with Gasteiger partial charge < -0.3 is 10.2 Å². The van der Waals surface area contributed by atoms with Gasteiger partial charge >= 0.3 is 0 Å². The predicted octanol–water partition coefficient (Wildman–Crippen LogP) is 2.49. The molecule has 1 aliphatic rings. The molecule has 0 saturated carbocycles. The summed E-state index contributed by atoms with van der Waals surface area (Å²) >= 11 is 0. The number of rotatable bonds is 3. The lowest BCUT2D eigenvalue weighted by Gasteiger charge is -2.36. The van der Waals surface area contributed by atoms with Gasteiger partial charge in [0, 0.05) is 18.6 Å². The molecule has 2 nitrogen and oxygen atoms in total. The average molecular weight is 212 g/mol. The Kier molecular flexibility index (Phi) is 4.60. The highest BCUT2D eigenvalue weighted by Gasteiger charge is 2.21. The van der Waals surface area contributed by atoms with Crippen LogP contribution >= 0.6 is 0 Å². The fourth-order valence-electron chi connectivity index (χ4n) is 2.07. The number of piperidine rings is 1. The molecule has 1 aliphatic heterocycles. The van der Waals surface area contributed by atoms with Gasteiger partial charge in [-0.3, -0.25) is 0 Å². The normalized spacial score (nSPS) is 21.2. The minimum atomic E-state index is 0.412. The van der Waals surface area contributed by atoms with Crippen LogP contribution in [0.25, 0.3) is 0 Å². The predicted molar refractivity (Wildman–Crippen MR) is 67.2 cm³/mol. The smallest absolute Gasteiger partial charge is 0.00916 e. The van der Waals surface area contributed by atoms with E-state index in [0.29, 0.717) is 11.5 Å². The molecule has 0 bridgehead atoms. The molecule has 0 aromatic rings. The Morgan fingerprint density at radius 1 is 1.20 bits per heavy atom. The summed E-state index contributed by atoms with van der Waals surface area (Å²) in [6.45, 7) is 15.1. The van der Waals surface area contributed by atoms with E-state index in [-0.39, 0.29) is 0 Å². The van der Waals surface area contributed by atoms with E-state index in [9.17, 15) is 0 Å². The molecule has 1 rings (SSSR count). The van der Waals surface area contributed by atoms with Crippen LogP contribution in [0.1, 0.15) is 47.5 Å². The summed E-state index contributed by atoms with van der Waals surface area (Å²) in [6.07, 6.45) is 2.63. The molecular weight excluding hydrogens is 184 g/mol. The number of likely N-dealkylation sites (tertiary alicyclic amines) is 1. The van der Waals surface area contributed by atoms with Crippen LogP contribution in [0, 0.1) is 5.41 Å². The Bertz CT molecular complexity index is 173. The van der Waals surface area contributed by atoms with Crippen molar-refractivity contribution in [2.75, 3.05) is 19.6 Å². The first-order valence-corrected chi connectivity index (χ1v) is 6.36. The molecule has 0 aliphatic carbocycles. The lowest BCUT2D eigenvalue weighted by molar-refractivity contribution is 0.156. The van der Waals surface area contributed by atoms with Crippen molar-refractivity contribution >= 4 is 0 Å².